The SMILES string of the molecule is CC(C)c1ccc(-n2cccc2CNC(=O)/C=C/C=C/C23CC4CC2CC4(F)C3)cc1. The quantitative estimate of drug-likeness (QED) is 0.444. The van der Waals surface area contributed by atoms with Crippen LogP contribution in [0.25, 0.3) is 5.69 Å². The van der Waals surface area contributed by atoms with Gasteiger partial charge in [0.05, 0.1) is 6.54 Å². The van der Waals surface area contributed by atoms with Crippen LogP contribution in [0, 0.1) is 17.3 Å². The number of allylic oxidation sites excluding steroid dienone is 3. The number of nitrogens with one attached hydrogen (secondary N) is 1. The highest BCUT2D eigenvalue weighted by Gasteiger charge is 2.70. The molecule has 1 N–H and O–H groups in total. The molecule has 4 unspecified atom stereocenters. The number of aromatic nitrogens is 1. The van der Waals surface area contributed by atoms with Crippen LogP contribution >= 0.6 is 0 Å². The molecule has 1 aromatic heterocycles. The van der Waals surface area contributed by atoms with E-state index in [4.69, 9.17) is 0 Å². The Balaban J connectivity index is 1.16. The summed E-state index contributed by atoms with van der Waals surface area (Å²) < 4.78 is 16.8. The number of hydrogen-bond donors (Lipinski definition) is 1. The Bertz CT molecular complexity index is 1030. The summed E-state index contributed by atoms with van der Waals surface area (Å²) in [6.45, 7) is 4.84. The fourth-order valence-corrected chi connectivity index (χ4v) is 6.25. The standard InChI is InChI=1S/C27H31FN2O/c1-19(2)20-8-10-23(11-9-20)30-13-5-6-24(30)17-29-25(31)7-3-4-12-26-15-22-14-21(26)16-27(22,28)18-26/h3-13,19,21-22H,14-18H2,1-2H3,(H,29,31)/b7-3+,12-4+. The van der Waals surface area contributed by atoms with Gasteiger partial charge < -0.3 is 9.88 Å². The molecule has 0 saturated heterocycles. The first-order chi connectivity index (χ1) is 14.9. The summed E-state index contributed by atoms with van der Waals surface area (Å²) >= 11 is 0. The third-order valence-corrected chi connectivity index (χ3v) is 7.85. The van der Waals surface area contributed by atoms with E-state index < -0.39 is 5.67 Å². The lowest BCUT2D eigenvalue weighted by molar-refractivity contribution is -0.116. The number of alkyl halides is 1. The number of halogens is 1. The molecular formula is C27H31FN2O. The number of nitrogens with zero attached hydrogens (tertiary/aromatic N) is 1. The van der Waals surface area contributed by atoms with Crippen molar-refractivity contribution in [1.82, 2.24) is 9.88 Å². The van der Waals surface area contributed by atoms with Crippen molar-refractivity contribution >= 4 is 5.91 Å². The van der Waals surface area contributed by atoms with E-state index in [1.165, 1.54) is 5.56 Å². The molecule has 6 rings (SSSR count). The van der Waals surface area contributed by atoms with E-state index in [0.29, 0.717) is 24.8 Å². The Hall–Kier alpha value is -2.62. The molecule has 4 fully saturated rings. The molecule has 1 aromatic carbocycles. The third kappa shape index (κ3) is 3.56. The van der Waals surface area contributed by atoms with Gasteiger partial charge in [-0.15, -0.1) is 0 Å². The lowest BCUT2D eigenvalue weighted by Gasteiger charge is -2.23. The Morgan fingerprint density at radius 1 is 1.19 bits per heavy atom. The van der Waals surface area contributed by atoms with E-state index in [1.54, 1.807) is 12.2 Å². The van der Waals surface area contributed by atoms with E-state index >= 15 is 0 Å². The van der Waals surface area contributed by atoms with Crippen LogP contribution in [0.1, 0.15) is 56.7 Å². The average molecular weight is 419 g/mol. The molecule has 1 heterocycles. The second-order valence-electron chi connectivity index (χ2n) is 10.0. The van der Waals surface area contributed by atoms with E-state index in [9.17, 15) is 9.18 Å². The molecular weight excluding hydrogens is 387 g/mol. The van der Waals surface area contributed by atoms with Gasteiger partial charge in [0.15, 0.2) is 0 Å². The van der Waals surface area contributed by atoms with Crippen molar-refractivity contribution < 1.29 is 9.18 Å². The number of rotatable bonds is 7. The van der Waals surface area contributed by atoms with Gasteiger partial charge >= 0.3 is 0 Å². The van der Waals surface area contributed by atoms with Gasteiger partial charge in [-0.3, -0.25) is 4.79 Å². The highest BCUT2D eigenvalue weighted by molar-refractivity contribution is 5.87. The van der Waals surface area contributed by atoms with Gasteiger partial charge in [-0.05, 0) is 78.7 Å². The lowest BCUT2D eigenvalue weighted by atomic mass is 9.80. The maximum atomic E-state index is 14.7. The Kier molecular flexibility index (Phi) is 4.91. The second-order valence-corrected chi connectivity index (χ2v) is 10.0. The number of carbonyl (C=O) groups excluding carboxylic acids is 1. The van der Waals surface area contributed by atoms with E-state index in [1.807, 2.05) is 24.4 Å². The molecule has 4 saturated carbocycles. The van der Waals surface area contributed by atoms with Crippen molar-refractivity contribution in [2.45, 2.75) is 57.7 Å². The summed E-state index contributed by atoms with van der Waals surface area (Å²) in [6.07, 6.45) is 12.9. The fourth-order valence-electron chi connectivity index (χ4n) is 6.25. The highest BCUT2D eigenvalue weighted by atomic mass is 19.1. The fraction of sp³-hybridized carbons (Fsp3) is 0.444. The van der Waals surface area contributed by atoms with Gasteiger partial charge in [0.2, 0.25) is 5.91 Å². The Morgan fingerprint density at radius 2 is 2.00 bits per heavy atom. The van der Waals surface area contributed by atoms with Crippen molar-refractivity contribution in [3.63, 3.8) is 0 Å². The molecule has 4 aliphatic carbocycles. The normalized spacial score (nSPS) is 31.1. The van der Waals surface area contributed by atoms with Crippen LogP contribution in [0.3, 0.4) is 0 Å². The summed E-state index contributed by atoms with van der Waals surface area (Å²) in [5.41, 5.74) is 2.58. The maximum Gasteiger partial charge on any atom is 0.244 e. The summed E-state index contributed by atoms with van der Waals surface area (Å²) in [5, 5.41) is 2.97. The maximum absolute atomic E-state index is 14.7. The zero-order valence-corrected chi connectivity index (χ0v) is 18.4. The molecule has 0 spiro atoms. The van der Waals surface area contributed by atoms with Gasteiger partial charge in [0.25, 0.3) is 0 Å². The van der Waals surface area contributed by atoms with E-state index in [0.717, 1.165) is 30.6 Å². The number of hydrogen-bond acceptors (Lipinski definition) is 1. The van der Waals surface area contributed by atoms with Crippen LogP contribution in [0.4, 0.5) is 4.39 Å². The molecule has 0 radical (unpaired) electrons. The number of benzene rings is 1. The topological polar surface area (TPSA) is 34.0 Å². The smallest absolute Gasteiger partial charge is 0.244 e. The molecule has 3 nitrogen and oxygen atoms in total. The summed E-state index contributed by atoms with van der Waals surface area (Å²) in [7, 11) is 0. The van der Waals surface area contributed by atoms with Crippen molar-refractivity contribution in [1.29, 1.82) is 0 Å². The molecule has 162 valence electrons. The molecule has 31 heavy (non-hydrogen) atoms. The first-order valence-electron chi connectivity index (χ1n) is 11.5. The molecule has 1 amide bonds. The number of amides is 1. The highest BCUT2D eigenvalue weighted by Crippen LogP contribution is 2.73. The van der Waals surface area contributed by atoms with Gasteiger partial charge in [-0.25, -0.2) is 4.39 Å². The monoisotopic (exact) mass is 418 g/mol. The molecule has 2 aromatic rings. The molecule has 4 atom stereocenters. The predicted octanol–water partition coefficient (Wildman–Crippen LogP) is 5.86. The Morgan fingerprint density at radius 3 is 2.61 bits per heavy atom. The molecule has 0 aliphatic heterocycles. The van der Waals surface area contributed by atoms with Gasteiger partial charge in [0, 0.05) is 23.7 Å². The summed E-state index contributed by atoms with van der Waals surface area (Å²) in [4.78, 5) is 12.3. The lowest BCUT2D eigenvalue weighted by Crippen LogP contribution is -2.21. The predicted molar refractivity (Wildman–Crippen MR) is 122 cm³/mol. The van der Waals surface area contributed by atoms with E-state index in [-0.39, 0.29) is 17.2 Å². The first kappa shape index (κ1) is 20.3. The largest absolute Gasteiger partial charge is 0.347 e. The van der Waals surface area contributed by atoms with Crippen molar-refractivity contribution in [3.05, 3.63) is 78.2 Å². The van der Waals surface area contributed by atoms with Crippen LogP contribution in [-0.2, 0) is 11.3 Å². The second kappa shape index (κ2) is 7.51. The summed E-state index contributed by atoms with van der Waals surface area (Å²) in [6, 6.07) is 12.6. The molecule has 4 heteroatoms. The third-order valence-electron chi connectivity index (χ3n) is 7.85. The van der Waals surface area contributed by atoms with Crippen LogP contribution in [-0.4, -0.2) is 16.1 Å². The zero-order valence-electron chi connectivity index (χ0n) is 18.4. The van der Waals surface area contributed by atoms with Gasteiger partial charge in [-0.2, -0.15) is 0 Å². The Labute approximate surface area is 184 Å². The van der Waals surface area contributed by atoms with Crippen molar-refractivity contribution in [3.8, 4) is 5.69 Å². The molecule has 4 bridgehead atoms. The van der Waals surface area contributed by atoms with Gasteiger partial charge in [0.1, 0.15) is 5.67 Å². The minimum atomic E-state index is -0.903. The average Bonchev–Trinajstić information content (AvgIpc) is 3.51. The first-order valence-corrected chi connectivity index (χ1v) is 11.5. The number of carbonyl (C=O) groups is 1. The summed E-state index contributed by atoms with van der Waals surface area (Å²) in [5.74, 6) is 1.16. The van der Waals surface area contributed by atoms with Crippen LogP contribution in [0.5, 0.6) is 0 Å². The van der Waals surface area contributed by atoms with Gasteiger partial charge in [-0.1, -0.05) is 44.2 Å². The van der Waals surface area contributed by atoms with Crippen molar-refractivity contribution in [2.24, 2.45) is 17.3 Å². The minimum Gasteiger partial charge on any atom is -0.347 e. The zero-order chi connectivity index (χ0) is 21.6. The van der Waals surface area contributed by atoms with E-state index in [2.05, 4.69) is 54.1 Å². The van der Waals surface area contributed by atoms with Crippen molar-refractivity contribution in [2.75, 3.05) is 0 Å². The van der Waals surface area contributed by atoms with Crippen LogP contribution < -0.4 is 5.32 Å². The van der Waals surface area contributed by atoms with Crippen LogP contribution in [0.2, 0.25) is 0 Å². The minimum absolute atomic E-state index is 0.0478. The molecule has 4 aliphatic rings. The van der Waals surface area contributed by atoms with Crippen LogP contribution in [0.15, 0.2) is 66.9 Å².